The summed E-state index contributed by atoms with van der Waals surface area (Å²) in [4.78, 5) is 31.9. The van der Waals surface area contributed by atoms with Crippen LogP contribution < -0.4 is 5.32 Å². The van der Waals surface area contributed by atoms with Gasteiger partial charge in [-0.3, -0.25) is 9.69 Å². The van der Waals surface area contributed by atoms with Crippen molar-refractivity contribution in [3.05, 3.63) is 22.3 Å². The van der Waals surface area contributed by atoms with E-state index in [-0.39, 0.29) is 23.3 Å². The number of carbonyl (C=O) groups is 2. The Kier molecular flexibility index (Phi) is 5.04. The van der Waals surface area contributed by atoms with Crippen molar-refractivity contribution in [1.82, 2.24) is 9.88 Å². The van der Waals surface area contributed by atoms with E-state index in [2.05, 4.69) is 47.0 Å². The standard InChI is InChI=1S/C20H28BrN3O3/c1-11(2)12-7-8-15(21)22-16(12)23-17(25)13-9-20(6)10-14(20)24(13)18(26)27-19(3,4)5/h7-8,11,13-14H,9-10H2,1-6H3,(H,22,23,25)/t13-,14+,20-/m0/s1. The molecule has 7 heteroatoms. The maximum absolute atomic E-state index is 13.1. The normalized spacial score (nSPS) is 26.7. The number of ether oxygens (including phenoxy) is 1. The monoisotopic (exact) mass is 437 g/mol. The molecule has 0 spiro atoms. The molecule has 1 saturated heterocycles. The highest BCUT2D eigenvalue weighted by Crippen LogP contribution is 2.59. The van der Waals surface area contributed by atoms with Crippen molar-refractivity contribution in [3.63, 3.8) is 0 Å². The van der Waals surface area contributed by atoms with Gasteiger partial charge < -0.3 is 10.1 Å². The SMILES string of the molecule is CC(C)c1ccc(Br)nc1NC(=O)[C@@H]1C[C@@]2(C)C[C@H]2N1C(=O)OC(C)(C)C. The van der Waals surface area contributed by atoms with Crippen LogP contribution in [0.3, 0.4) is 0 Å². The van der Waals surface area contributed by atoms with Crippen LogP contribution in [-0.2, 0) is 9.53 Å². The number of amides is 2. The van der Waals surface area contributed by atoms with E-state index >= 15 is 0 Å². The molecule has 2 heterocycles. The molecule has 2 amide bonds. The first-order valence-electron chi connectivity index (χ1n) is 9.40. The van der Waals surface area contributed by atoms with E-state index in [1.54, 1.807) is 4.90 Å². The second kappa shape index (κ2) is 6.76. The molecule has 1 saturated carbocycles. The van der Waals surface area contributed by atoms with Crippen LogP contribution in [0.5, 0.6) is 0 Å². The van der Waals surface area contributed by atoms with Crippen LogP contribution >= 0.6 is 15.9 Å². The number of hydrogen-bond acceptors (Lipinski definition) is 4. The number of rotatable bonds is 3. The minimum atomic E-state index is -0.595. The number of nitrogens with zero attached hydrogens (tertiary/aromatic N) is 2. The zero-order chi connectivity index (χ0) is 20.1. The Morgan fingerprint density at radius 1 is 1.33 bits per heavy atom. The molecule has 1 aliphatic carbocycles. The lowest BCUT2D eigenvalue weighted by atomic mass is 10.0. The average molecular weight is 438 g/mol. The lowest BCUT2D eigenvalue weighted by molar-refractivity contribution is -0.121. The third kappa shape index (κ3) is 4.13. The highest BCUT2D eigenvalue weighted by atomic mass is 79.9. The van der Waals surface area contributed by atoms with Crippen LogP contribution in [0.1, 0.15) is 65.9 Å². The molecule has 148 valence electrons. The summed E-state index contributed by atoms with van der Waals surface area (Å²) in [6.45, 7) is 11.7. The molecule has 0 aromatic carbocycles. The van der Waals surface area contributed by atoms with Gasteiger partial charge in [0.25, 0.3) is 0 Å². The smallest absolute Gasteiger partial charge is 0.411 e. The number of pyridine rings is 1. The molecular weight excluding hydrogens is 410 g/mol. The van der Waals surface area contributed by atoms with Crippen LogP contribution in [0, 0.1) is 5.41 Å². The lowest BCUT2D eigenvalue weighted by Crippen LogP contribution is -2.47. The number of anilines is 1. The van der Waals surface area contributed by atoms with Gasteiger partial charge in [-0.25, -0.2) is 9.78 Å². The Bertz CT molecular complexity index is 774. The van der Waals surface area contributed by atoms with Gasteiger partial charge >= 0.3 is 6.09 Å². The maximum atomic E-state index is 13.1. The summed E-state index contributed by atoms with van der Waals surface area (Å²) in [5.41, 5.74) is 0.373. The molecule has 2 aliphatic rings. The summed E-state index contributed by atoms with van der Waals surface area (Å²) in [7, 11) is 0. The molecule has 1 N–H and O–H groups in total. The fourth-order valence-electron chi connectivity index (χ4n) is 3.79. The van der Waals surface area contributed by atoms with E-state index in [9.17, 15) is 9.59 Å². The Morgan fingerprint density at radius 3 is 2.59 bits per heavy atom. The van der Waals surface area contributed by atoms with E-state index in [0.29, 0.717) is 16.8 Å². The first-order chi connectivity index (χ1) is 12.4. The molecule has 0 unspecified atom stereocenters. The van der Waals surface area contributed by atoms with Crippen LogP contribution in [0.15, 0.2) is 16.7 Å². The summed E-state index contributed by atoms with van der Waals surface area (Å²) >= 11 is 3.37. The predicted molar refractivity (Wildman–Crippen MR) is 108 cm³/mol. The van der Waals surface area contributed by atoms with Gasteiger partial charge in [-0.1, -0.05) is 26.8 Å². The number of hydrogen-bond donors (Lipinski definition) is 1. The van der Waals surface area contributed by atoms with Crippen LogP contribution in [0.25, 0.3) is 0 Å². The van der Waals surface area contributed by atoms with E-state index in [4.69, 9.17) is 4.74 Å². The van der Waals surface area contributed by atoms with Crippen molar-refractivity contribution < 1.29 is 14.3 Å². The van der Waals surface area contributed by atoms with Gasteiger partial charge in [0.05, 0.1) is 0 Å². The number of fused-ring (bicyclic) bond motifs is 1. The zero-order valence-corrected chi connectivity index (χ0v) is 18.4. The number of carbonyl (C=O) groups excluding carboxylic acids is 2. The topological polar surface area (TPSA) is 71.5 Å². The number of likely N-dealkylation sites (tertiary alicyclic amines) is 1. The molecule has 1 aliphatic heterocycles. The van der Waals surface area contributed by atoms with Gasteiger partial charge in [-0.2, -0.15) is 0 Å². The number of halogens is 1. The van der Waals surface area contributed by atoms with Crippen molar-refractivity contribution in [3.8, 4) is 0 Å². The fraction of sp³-hybridized carbons (Fsp3) is 0.650. The van der Waals surface area contributed by atoms with Crippen molar-refractivity contribution in [1.29, 1.82) is 0 Å². The molecule has 0 bridgehead atoms. The van der Waals surface area contributed by atoms with Crippen LogP contribution in [-0.4, -0.2) is 39.6 Å². The molecule has 3 rings (SSSR count). The van der Waals surface area contributed by atoms with Crippen molar-refractivity contribution in [2.24, 2.45) is 5.41 Å². The summed E-state index contributed by atoms with van der Waals surface area (Å²) in [5, 5.41) is 2.95. The lowest BCUT2D eigenvalue weighted by Gasteiger charge is -2.30. The Labute approximate surface area is 169 Å². The van der Waals surface area contributed by atoms with Gasteiger partial charge in [0.15, 0.2) is 0 Å². The summed E-state index contributed by atoms with van der Waals surface area (Å²) < 4.78 is 6.22. The Balaban J connectivity index is 1.82. The minimum Gasteiger partial charge on any atom is -0.444 e. The van der Waals surface area contributed by atoms with Crippen molar-refractivity contribution in [2.45, 2.75) is 78.0 Å². The van der Waals surface area contributed by atoms with Crippen LogP contribution in [0.4, 0.5) is 10.6 Å². The summed E-state index contributed by atoms with van der Waals surface area (Å²) in [5.74, 6) is 0.554. The quantitative estimate of drug-likeness (QED) is 0.695. The number of nitrogens with one attached hydrogen (secondary N) is 1. The third-order valence-electron chi connectivity index (χ3n) is 5.30. The van der Waals surface area contributed by atoms with Gasteiger partial charge in [0.2, 0.25) is 5.91 Å². The van der Waals surface area contributed by atoms with Crippen molar-refractivity contribution >= 4 is 33.7 Å². The first kappa shape index (κ1) is 20.1. The number of piperidine rings is 1. The highest BCUT2D eigenvalue weighted by molar-refractivity contribution is 9.10. The van der Waals surface area contributed by atoms with Gasteiger partial charge in [-0.05, 0) is 72.5 Å². The number of aromatic nitrogens is 1. The highest BCUT2D eigenvalue weighted by Gasteiger charge is 2.65. The third-order valence-corrected chi connectivity index (χ3v) is 5.74. The molecule has 0 radical (unpaired) electrons. The van der Waals surface area contributed by atoms with Gasteiger partial charge in [0, 0.05) is 6.04 Å². The molecule has 6 nitrogen and oxygen atoms in total. The molecule has 1 aromatic rings. The Hall–Kier alpha value is -1.63. The predicted octanol–water partition coefficient (Wildman–Crippen LogP) is 4.69. The second-order valence-corrected chi connectivity index (χ2v) is 10.0. The second-order valence-electron chi connectivity index (χ2n) is 9.20. The van der Waals surface area contributed by atoms with Crippen molar-refractivity contribution in [2.75, 3.05) is 5.32 Å². The van der Waals surface area contributed by atoms with E-state index in [0.717, 1.165) is 12.0 Å². The van der Waals surface area contributed by atoms with E-state index < -0.39 is 17.7 Å². The largest absolute Gasteiger partial charge is 0.444 e. The van der Waals surface area contributed by atoms with Crippen LogP contribution in [0.2, 0.25) is 0 Å². The average Bonchev–Trinajstić information content (AvgIpc) is 3.06. The van der Waals surface area contributed by atoms with E-state index in [1.165, 1.54) is 0 Å². The minimum absolute atomic E-state index is 0.00445. The fourth-order valence-corrected chi connectivity index (χ4v) is 4.10. The molecule has 27 heavy (non-hydrogen) atoms. The maximum Gasteiger partial charge on any atom is 0.411 e. The summed E-state index contributed by atoms with van der Waals surface area (Å²) in [6.07, 6.45) is 1.15. The van der Waals surface area contributed by atoms with Gasteiger partial charge in [-0.15, -0.1) is 0 Å². The van der Waals surface area contributed by atoms with E-state index in [1.807, 2.05) is 32.9 Å². The molecule has 3 atom stereocenters. The first-order valence-corrected chi connectivity index (χ1v) is 10.2. The zero-order valence-electron chi connectivity index (χ0n) is 16.8. The molecule has 1 aromatic heterocycles. The Morgan fingerprint density at radius 2 is 2.00 bits per heavy atom. The molecular formula is C20H28BrN3O3. The van der Waals surface area contributed by atoms with Gasteiger partial charge in [0.1, 0.15) is 22.1 Å². The summed E-state index contributed by atoms with van der Waals surface area (Å²) in [6, 6.07) is 3.35. The molecule has 2 fully saturated rings.